The summed E-state index contributed by atoms with van der Waals surface area (Å²) in [7, 11) is 0. The highest BCUT2D eigenvalue weighted by atomic mass is 35.5. The summed E-state index contributed by atoms with van der Waals surface area (Å²) >= 11 is 7.06. The Morgan fingerprint density at radius 3 is 2.77 bits per heavy atom. The lowest BCUT2D eigenvalue weighted by Crippen LogP contribution is -2.25. The number of nitrogens with one attached hydrogen (secondary N) is 1. The second-order valence-corrected chi connectivity index (χ2v) is 4.24. The van der Waals surface area contributed by atoms with Gasteiger partial charge in [-0.1, -0.05) is 0 Å². The summed E-state index contributed by atoms with van der Waals surface area (Å²) < 4.78 is 0. The summed E-state index contributed by atoms with van der Waals surface area (Å²) in [5, 5.41) is 4.62. The number of hydrogen-bond donors (Lipinski definition) is 1. The Balaban J connectivity index is 2.71. The van der Waals surface area contributed by atoms with E-state index in [0.29, 0.717) is 12.4 Å². The highest BCUT2D eigenvalue weighted by Gasteiger charge is 2.10. The van der Waals surface area contributed by atoms with Crippen LogP contribution >= 0.6 is 22.9 Å². The summed E-state index contributed by atoms with van der Waals surface area (Å²) in [6, 6.07) is 0. The molecule has 1 amide bonds. The third-order valence-corrected chi connectivity index (χ3v) is 3.11. The maximum atomic E-state index is 11.5. The normalized spacial score (nSPS) is 10.1. The zero-order chi connectivity index (χ0) is 9.84. The van der Waals surface area contributed by atoms with Crippen LogP contribution in [0, 0.1) is 13.8 Å². The van der Waals surface area contributed by atoms with E-state index in [4.69, 9.17) is 11.6 Å². The van der Waals surface area contributed by atoms with Gasteiger partial charge in [0.1, 0.15) is 0 Å². The molecule has 1 rings (SSSR count). The Kier molecular flexibility index (Phi) is 3.75. The van der Waals surface area contributed by atoms with Crippen molar-refractivity contribution in [2.75, 3.05) is 12.4 Å². The van der Waals surface area contributed by atoms with Crippen LogP contribution in [0.25, 0.3) is 0 Å². The van der Waals surface area contributed by atoms with E-state index in [9.17, 15) is 4.79 Å². The summed E-state index contributed by atoms with van der Waals surface area (Å²) in [5.74, 6) is 0.427. The largest absolute Gasteiger partial charge is 0.351 e. The fourth-order valence-corrected chi connectivity index (χ4v) is 1.95. The van der Waals surface area contributed by atoms with E-state index in [1.165, 1.54) is 4.88 Å². The quantitative estimate of drug-likeness (QED) is 0.774. The predicted octanol–water partition coefficient (Wildman–Crippen LogP) is 2.33. The number of thiophene rings is 1. The van der Waals surface area contributed by atoms with Crippen LogP contribution in [0.3, 0.4) is 0 Å². The van der Waals surface area contributed by atoms with E-state index in [0.717, 1.165) is 11.1 Å². The van der Waals surface area contributed by atoms with Crippen LogP contribution in [0.1, 0.15) is 20.8 Å². The fourth-order valence-electron chi connectivity index (χ4n) is 0.994. The van der Waals surface area contributed by atoms with Crippen molar-refractivity contribution in [1.82, 2.24) is 5.32 Å². The molecule has 0 spiro atoms. The van der Waals surface area contributed by atoms with Crippen molar-refractivity contribution >= 4 is 28.8 Å². The van der Waals surface area contributed by atoms with Gasteiger partial charge in [0.15, 0.2) is 0 Å². The molecule has 0 radical (unpaired) electrons. The van der Waals surface area contributed by atoms with Crippen molar-refractivity contribution in [3.8, 4) is 0 Å². The third kappa shape index (κ3) is 2.45. The van der Waals surface area contributed by atoms with Crippen molar-refractivity contribution in [3.05, 3.63) is 21.4 Å². The molecule has 0 bridgehead atoms. The number of aryl methyl sites for hydroxylation is 1. The SMILES string of the molecule is Cc1scc(C(=O)NCCCl)c1C. The summed E-state index contributed by atoms with van der Waals surface area (Å²) in [4.78, 5) is 12.7. The van der Waals surface area contributed by atoms with Gasteiger partial charge in [-0.05, 0) is 19.4 Å². The average molecular weight is 218 g/mol. The Labute approximate surface area is 86.9 Å². The van der Waals surface area contributed by atoms with Crippen LogP contribution in [-0.4, -0.2) is 18.3 Å². The molecule has 0 saturated carbocycles. The molecule has 1 N–H and O–H groups in total. The molecule has 4 heteroatoms. The van der Waals surface area contributed by atoms with Crippen molar-refractivity contribution in [3.63, 3.8) is 0 Å². The predicted molar refractivity (Wildman–Crippen MR) is 56.8 cm³/mol. The number of amides is 1. The van der Waals surface area contributed by atoms with Crippen LogP contribution in [0.4, 0.5) is 0 Å². The lowest BCUT2D eigenvalue weighted by atomic mass is 10.2. The molecule has 1 aromatic rings. The number of halogens is 1. The van der Waals surface area contributed by atoms with Crippen LogP contribution in [0.2, 0.25) is 0 Å². The number of carbonyl (C=O) groups is 1. The smallest absolute Gasteiger partial charge is 0.252 e. The fraction of sp³-hybridized carbons (Fsp3) is 0.444. The van der Waals surface area contributed by atoms with Crippen LogP contribution in [0.15, 0.2) is 5.38 Å². The first-order chi connectivity index (χ1) is 6.16. The van der Waals surface area contributed by atoms with Gasteiger partial charge in [-0.3, -0.25) is 4.79 Å². The number of rotatable bonds is 3. The maximum Gasteiger partial charge on any atom is 0.252 e. The summed E-state index contributed by atoms with van der Waals surface area (Å²) in [6.07, 6.45) is 0. The molecule has 13 heavy (non-hydrogen) atoms. The van der Waals surface area contributed by atoms with Gasteiger partial charge in [-0.15, -0.1) is 22.9 Å². The highest BCUT2D eigenvalue weighted by Crippen LogP contribution is 2.20. The summed E-state index contributed by atoms with van der Waals surface area (Å²) in [6.45, 7) is 4.49. The van der Waals surface area contributed by atoms with Gasteiger partial charge in [0, 0.05) is 22.7 Å². The Morgan fingerprint density at radius 1 is 1.62 bits per heavy atom. The Bertz CT molecular complexity index is 309. The van der Waals surface area contributed by atoms with Crippen LogP contribution in [-0.2, 0) is 0 Å². The number of hydrogen-bond acceptors (Lipinski definition) is 2. The molecular weight excluding hydrogens is 206 g/mol. The third-order valence-electron chi connectivity index (χ3n) is 1.91. The van der Waals surface area contributed by atoms with Crippen LogP contribution < -0.4 is 5.32 Å². The molecule has 0 aliphatic heterocycles. The second kappa shape index (κ2) is 4.63. The average Bonchev–Trinajstić information content (AvgIpc) is 2.44. The molecule has 1 heterocycles. The number of carbonyl (C=O) groups excluding carboxylic acids is 1. The molecule has 2 nitrogen and oxygen atoms in total. The molecule has 0 unspecified atom stereocenters. The molecular formula is C9H12ClNOS. The van der Waals surface area contributed by atoms with Crippen molar-refractivity contribution < 1.29 is 4.79 Å². The van der Waals surface area contributed by atoms with Gasteiger partial charge in [0.2, 0.25) is 0 Å². The number of alkyl halides is 1. The van der Waals surface area contributed by atoms with Crippen molar-refractivity contribution in [1.29, 1.82) is 0 Å². The van der Waals surface area contributed by atoms with E-state index >= 15 is 0 Å². The lowest BCUT2D eigenvalue weighted by molar-refractivity contribution is 0.0956. The van der Waals surface area contributed by atoms with Gasteiger partial charge >= 0.3 is 0 Å². The monoisotopic (exact) mass is 217 g/mol. The lowest BCUT2D eigenvalue weighted by Gasteiger charge is -2.01. The van der Waals surface area contributed by atoms with Gasteiger partial charge < -0.3 is 5.32 Å². The minimum absolute atomic E-state index is 0.0255. The first-order valence-corrected chi connectivity index (χ1v) is 5.47. The zero-order valence-corrected chi connectivity index (χ0v) is 9.26. The van der Waals surface area contributed by atoms with E-state index in [2.05, 4.69) is 5.32 Å². The van der Waals surface area contributed by atoms with E-state index in [1.54, 1.807) is 11.3 Å². The molecule has 1 aromatic heterocycles. The zero-order valence-electron chi connectivity index (χ0n) is 7.69. The maximum absolute atomic E-state index is 11.5. The molecule has 0 atom stereocenters. The van der Waals surface area contributed by atoms with Crippen molar-refractivity contribution in [2.24, 2.45) is 0 Å². The van der Waals surface area contributed by atoms with E-state index < -0.39 is 0 Å². The molecule has 0 aliphatic rings. The van der Waals surface area contributed by atoms with Crippen molar-refractivity contribution in [2.45, 2.75) is 13.8 Å². The van der Waals surface area contributed by atoms with Gasteiger partial charge in [0.05, 0.1) is 5.56 Å². The minimum Gasteiger partial charge on any atom is -0.351 e. The second-order valence-electron chi connectivity index (χ2n) is 2.78. The van der Waals surface area contributed by atoms with Gasteiger partial charge in [-0.2, -0.15) is 0 Å². The molecule has 0 aromatic carbocycles. The molecule has 0 fully saturated rings. The standard InChI is InChI=1S/C9H12ClNOS/c1-6-7(2)13-5-8(6)9(12)11-4-3-10/h5H,3-4H2,1-2H3,(H,11,12). The summed E-state index contributed by atoms with van der Waals surface area (Å²) in [5.41, 5.74) is 1.84. The van der Waals surface area contributed by atoms with Gasteiger partial charge in [0.25, 0.3) is 5.91 Å². The first kappa shape index (κ1) is 10.5. The Hall–Kier alpha value is -0.540. The van der Waals surface area contributed by atoms with E-state index in [-0.39, 0.29) is 5.91 Å². The molecule has 0 aliphatic carbocycles. The highest BCUT2D eigenvalue weighted by molar-refractivity contribution is 7.10. The molecule has 72 valence electrons. The van der Waals surface area contributed by atoms with Crippen LogP contribution in [0.5, 0.6) is 0 Å². The van der Waals surface area contributed by atoms with E-state index in [1.807, 2.05) is 19.2 Å². The Morgan fingerprint density at radius 2 is 2.31 bits per heavy atom. The first-order valence-electron chi connectivity index (χ1n) is 4.05. The van der Waals surface area contributed by atoms with Gasteiger partial charge in [-0.25, -0.2) is 0 Å². The molecule has 0 saturated heterocycles. The minimum atomic E-state index is -0.0255. The topological polar surface area (TPSA) is 29.1 Å².